The molecule has 0 heterocycles. The van der Waals surface area contributed by atoms with Crippen LogP contribution in [-0.2, 0) is 16.1 Å². The maximum absolute atomic E-state index is 11.2. The molecule has 0 aliphatic carbocycles. The van der Waals surface area contributed by atoms with Crippen molar-refractivity contribution in [3.8, 4) is 0 Å². The number of likely N-dealkylation sites (N-methyl/N-ethyl adjacent to an activating group) is 1. The van der Waals surface area contributed by atoms with Gasteiger partial charge in [-0.15, -0.1) is 0 Å². The van der Waals surface area contributed by atoms with Crippen molar-refractivity contribution in [1.29, 1.82) is 0 Å². The number of hydrogen-bond donors (Lipinski definition) is 1. The lowest BCUT2D eigenvalue weighted by Crippen LogP contribution is -2.23. The highest BCUT2D eigenvalue weighted by molar-refractivity contribution is 5.81. The van der Waals surface area contributed by atoms with Gasteiger partial charge in [-0.05, 0) is 12.6 Å². The molecule has 1 aromatic carbocycles. The molecule has 0 aromatic heterocycles. The first-order valence-corrected chi connectivity index (χ1v) is 5.98. The third-order valence-corrected chi connectivity index (χ3v) is 2.40. The molecule has 0 aliphatic rings. The molecule has 0 saturated carbocycles. The Kier molecular flexibility index (Phi) is 6.76. The van der Waals surface area contributed by atoms with Gasteiger partial charge < -0.3 is 10.5 Å². The first-order chi connectivity index (χ1) is 8.72. The SMILES string of the molecule is CN(CCOC(=O)/C=C/CN)Cc1ccccc1. The third kappa shape index (κ3) is 6.18. The molecule has 98 valence electrons. The van der Waals surface area contributed by atoms with E-state index in [0.29, 0.717) is 19.7 Å². The fourth-order valence-electron chi connectivity index (χ4n) is 1.49. The van der Waals surface area contributed by atoms with Gasteiger partial charge in [-0.25, -0.2) is 4.79 Å². The quantitative estimate of drug-likeness (QED) is 0.581. The van der Waals surface area contributed by atoms with Gasteiger partial charge in [0.25, 0.3) is 0 Å². The highest BCUT2D eigenvalue weighted by Gasteiger charge is 2.01. The summed E-state index contributed by atoms with van der Waals surface area (Å²) < 4.78 is 5.03. The Bertz CT molecular complexity index is 377. The van der Waals surface area contributed by atoms with Crippen LogP contribution in [0.2, 0.25) is 0 Å². The Morgan fingerprint density at radius 2 is 2.11 bits per heavy atom. The molecule has 0 atom stereocenters. The molecule has 0 bridgehead atoms. The Morgan fingerprint density at radius 1 is 1.39 bits per heavy atom. The maximum atomic E-state index is 11.2. The van der Waals surface area contributed by atoms with Gasteiger partial charge in [0, 0.05) is 25.7 Å². The lowest BCUT2D eigenvalue weighted by Gasteiger charge is -2.16. The molecular weight excluding hydrogens is 228 g/mol. The van der Waals surface area contributed by atoms with E-state index in [0.717, 1.165) is 6.54 Å². The highest BCUT2D eigenvalue weighted by atomic mass is 16.5. The van der Waals surface area contributed by atoms with E-state index in [9.17, 15) is 4.79 Å². The lowest BCUT2D eigenvalue weighted by molar-refractivity contribution is -0.138. The lowest BCUT2D eigenvalue weighted by atomic mass is 10.2. The number of nitrogens with zero attached hydrogens (tertiary/aromatic N) is 1. The fraction of sp³-hybridized carbons (Fsp3) is 0.357. The topological polar surface area (TPSA) is 55.6 Å². The minimum absolute atomic E-state index is 0.339. The van der Waals surface area contributed by atoms with Crippen LogP contribution in [-0.4, -0.2) is 37.6 Å². The molecule has 0 radical (unpaired) electrons. The van der Waals surface area contributed by atoms with Crippen molar-refractivity contribution in [2.24, 2.45) is 5.73 Å². The van der Waals surface area contributed by atoms with E-state index in [1.807, 2.05) is 25.2 Å². The number of carbonyl (C=O) groups is 1. The molecule has 2 N–H and O–H groups in total. The van der Waals surface area contributed by atoms with Gasteiger partial charge in [-0.2, -0.15) is 0 Å². The van der Waals surface area contributed by atoms with Crippen molar-refractivity contribution in [1.82, 2.24) is 4.90 Å². The fourth-order valence-corrected chi connectivity index (χ4v) is 1.49. The number of nitrogens with two attached hydrogens (primary N) is 1. The van der Waals surface area contributed by atoms with Crippen LogP contribution in [0.5, 0.6) is 0 Å². The maximum Gasteiger partial charge on any atom is 0.330 e. The predicted molar refractivity (Wildman–Crippen MR) is 71.9 cm³/mol. The number of rotatable bonds is 7. The van der Waals surface area contributed by atoms with E-state index in [2.05, 4.69) is 17.0 Å². The molecule has 0 amide bonds. The number of ether oxygens (including phenoxy) is 1. The predicted octanol–water partition coefficient (Wildman–Crippen LogP) is 1.18. The van der Waals surface area contributed by atoms with Crippen molar-refractivity contribution in [3.63, 3.8) is 0 Å². The van der Waals surface area contributed by atoms with Crippen LogP contribution in [0.25, 0.3) is 0 Å². The zero-order chi connectivity index (χ0) is 13.2. The van der Waals surface area contributed by atoms with Gasteiger partial charge in [0.05, 0.1) is 0 Å². The molecule has 1 rings (SSSR count). The summed E-state index contributed by atoms with van der Waals surface area (Å²) in [6.07, 6.45) is 2.94. The summed E-state index contributed by atoms with van der Waals surface area (Å²) in [5, 5.41) is 0. The van der Waals surface area contributed by atoms with Crippen molar-refractivity contribution in [2.75, 3.05) is 26.7 Å². The van der Waals surface area contributed by atoms with Crippen LogP contribution in [0, 0.1) is 0 Å². The van der Waals surface area contributed by atoms with Gasteiger partial charge in [0.2, 0.25) is 0 Å². The van der Waals surface area contributed by atoms with E-state index in [4.69, 9.17) is 10.5 Å². The highest BCUT2D eigenvalue weighted by Crippen LogP contribution is 2.01. The first kappa shape index (κ1) is 14.4. The van der Waals surface area contributed by atoms with Gasteiger partial charge >= 0.3 is 5.97 Å². The second-order valence-electron chi connectivity index (χ2n) is 4.03. The smallest absolute Gasteiger partial charge is 0.330 e. The standard InChI is InChI=1S/C14H20N2O2/c1-16(12-13-6-3-2-4-7-13)10-11-18-14(17)8-5-9-15/h2-8H,9-12,15H2,1H3/b8-5+. The molecule has 0 unspecified atom stereocenters. The van der Waals surface area contributed by atoms with Crippen molar-refractivity contribution in [2.45, 2.75) is 6.54 Å². The number of hydrogen-bond acceptors (Lipinski definition) is 4. The number of carbonyl (C=O) groups excluding carboxylic acids is 1. The van der Waals surface area contributed by atoms with E-state index in [1.165, 1.54) is 11.6 Å². The minimum atomic E-state index is -0.339. The van der Waals surface area contributed by atoms with E-state index < -0.39 is 0 Å². The zero-order valence-corrected chi connectivity index (χ0v) is 10.7. The molecular formula is C14H20N2O2. The average Bonchev–Trinajstić information content (AvgIpc) is 2.37. The van der Waals surface area contributed by atoms with Crippen molar-refractivity contribution >= 4 is 5.97 Å². The number of esters is 1. The Morgan fingerprint density at radius 3 is 2.78 bits per heavy atom. The van der Waals surface area contributed by atoms with Crippen molar-refractivity contribution < 1.29 is 9.53 Å². The molecule has 0 saturated heterocycles. The van der Waals surface area contributed by atoms with Crippen LogP contribution >= 0.6 is 0 Å². The third-order valence-electron chi connectivity index (χ3n) is 2.40. The number of benzene rings is 1. The molecule has 4 nitrogen and oxygen atoms in total. The summed E-state index contributed by atoms with van der Waals surface area (Å²) in [6.45, 7) is 2.29. The first-order valence-electron chi connectivity index (χ1n) is 5.98. The molecule has 4 heteroatoms. The van der Waals surface area contributed by atoms with Gasteiger partial charge in [0.15, 0.2) is 0 Å². The monoisotopic (exact) mass is 248 g/mol. The average molecular weight is 248 g/mol. The summed E-state index contributed by atoms with van der Waals surface area (Å²) in [7, 11) is 2.00. The summed E-state index contributed by atoms with van der Waals surface area (Å²) >= 11 is 0. The summed E-state index contributed by atoms with van der Waals surface area (Å²) in [6, 6.07) is 10.2. The Hall–Kier alpha value is -1.65. The Balaban J connectivity index is 2.19. The summed E-state index contributed by atoms with van der Waals surface area (Å²) in [5.41, 5.74) is 6.48. The zero-order valence-electron chi connectivity index (χ0n) is 10.7. The van der Waals surface area contributed by atoms with E-state index >= 15 is 0 Å². The van der Waals surface area contributed by atoms with Gasteiger partial charge in [-0.1, -0.05) is 36.4 Å². The van der Waals surface area contributed by atoms with Crippen LogP contribution in [0.3, 0.4) is 0 Å². The van der Waals surface area contributed by atoms with Gasteiger partial charge in [-0.3, -0.25) is 4.90 Å². The normalized spacial score (nSPS) is 11.1. The van der Waals surface area contributed by atoms with Crippen LogP contribution in [0.1, 0.15) is 5.56 Å². The van der Waals surface area contributed by atoms with E-state index in [1.54, 1.807) is 6.08 Å². The summed E-state index contributed by atoms with van der Waals surface area (Å²) in [4.78, 5) is 13.3. The second-order valence-corrected chi connectivity index (χ2v) is 4.03. The minimum Gasteiger partial charge on any atom is -0.461 e. The summed E-state index contributed by atoms with van der Waals surface area (Å²) in [5.74, 6) is -0.339. The van der Waals surface area contributed by atoms with Crippen LogP contribution in [0.4, 0.5) is 0 Å². The largest absolute Gasteiger partial charge is 0.461 e. The Labute approximate surface area is 108 Å². The molecule has 0 spiro atoms. The van der Waals surface area contributed by atoms with Crippen LogP contribution in [0.15, 0.2) is 42.5 Å². The van der Waals surface area contributed by atoms with Crippen molar-refractivity contribution in [3.05, 3.63) is 48.0 Å². The molecule has 0 fully saturated rings. The second kappa shape index (κ2) is 8.44. The molecule has 1 aromatic rings. The molecule has 18 heavy (non-hydrogen) atoms. The van der Waals surface area contributed by atoms with Gasteiger partial charge in [0.1, 0.15) is 6.61 Å². The molecule has 0 aliphatic heterocycles. The van der Waals surface area contributed by atoms with E-state index in [-0.39, 0.29) is 5.97 Å². The van der Waals surface area contributed by atoms with Crippen LogP contribution < -0.4 is 5.73 Å².